The summed E-state index contributed by atoms with van der Waals surface area (Å²) < 4.78 is 4.90. The fourth-order valence-corrected chi connectivity index (χ4v) is 10.0. The number of fused-ring (bicyclic) bond motifs is 11. The topological polar surface area (TPSA) is 30.7 Å². The molecule has 0 unspecified atom stereocenters. The van der Waals surface area contributed by atoms with Gasteiger partial charge in [0.15, 0.2) is 5.82 Å². The normalized spacial score (nSPS) is 11.9. The third kappa shape index (κ3) is 4.70. The molecule has 9 aromatic carbocycles. The maximum atomic E-state index is 5.51. The lowest BCUT2D eigenvalue weighted by Gasteiger charge is -2.14. The first-order chi connectivity index (χ1) is 27.8. The fraction of sp³-hybridized carbons (Fsp3) is 0. The van der Waals surface area contributed by atoms with E-state index in [4.69, 9.17) is 9.97 Å². The van der Waals surface area contributed by atoms with Crippen LogP contribution in [0.2, 0.25) is 0 Å². The Balaban J connectivity index is 1.18. The maximum Gasteiger partial charge on any atom is 0.161 e. The van der Waals surface area contributed by atoms with Gasteiger partial charge in [-0.05, 0) is 75.1 Å². The second-order valence-corrected chi connectivity index (χ2v) is 15.6. The van der Waals surface area contributed by atoms with Crippen molar-refractivity contribution in [3.63, 3.8) is 0 Å². The number of benzene rings is 9. The van der Waals surface area contributed by atoms with E-state index < -0.39 is 0 Å². The lowest BCUT2D eigenvalue weighted by atomic mass is 9.99. The van der Waals surface area contributed by atoms with Crippen LogP contribution in [-0.2, 0) is 0 Å². The van der Waals surface area contributed by atoms with Crippen molar-refractivity contribution in [1.82, 2.24) is 14.5 Å². The van der Waals surface area contributed by atoms with Gasteiger partial charge < -0.3 is 4.57 Å². The zero-order chi connectivity index (χ0) is 36.7. The Morgan fingerprint density at radius 1 is 0.411 bits per heavy atom. The van der Waals surface area contributed by atoms with E-state index in [0.717, 1.165) is 44.8 Å². The molecule has 0 aliphatic carbocycles. The van der Waals surface area contributed by atoms with Crippen LogP contribution in [0.5, 0.6) is 0 Å². The van der Waals surface area contributed by atoms with Gasteiger partial charge in [-0.1, -0.05) is 146 Å². The average molecular weight is 730 g/mol. The maximum absolute atomic E-state index is 5.51. The largest absolute Gasteiger partial charge is 0.309 e. The Bertz CT molecular complexity index is 3450. The Morgan fingerprint density at radius 2 is 1.02 bits per heavy atom. The molecule has 0 atom stereocenters. The van der Waals surface area contributed by atoms with E-state index in [-0.39, 0.29) is 0 Å². The molecule has 0 saturated carbocycles. The summed E-state index contributed by atoms with van der Waals surface area (Å²) in [6, 6.07) is 67.8. The van der Waals surface area contributed by atoms with E-state index in [1.54, 1.807) is 0 Å². The van der Waals surface area contributed by atoms with E-state index in [9.17, 15) is 0 Å². The van der Waals surface area contributed by atoms with Crippen LogP contribution in [0.4, 0.5) is 0 Å². The van der Waals surface area contributed by atoms with Crippen LogP contribution in [-0.4, -0.2) is 14.5 Å². The van der Waals surface area contributed by atoms with Crippen LogP contribution in [0, 0.1) is 0 Å². The van der Waals surface area contributed by atoms with Gasteiger partial charge in [0, 0.05) is 53.1 Å². The molecule has 12 rings (SSSR count). The second kappa shape index (κ2) is 12.2. The van der Waals surface area contributed by atoms with Gasteiger partial charge in [0.2, 0.25) is 0 Å². The van der Waals surface area contributed by atoms with E-state index in [1.807, 2.05) is 11.3 Å². The van der Waals surface area contributed by atoms with Crippen LogP contribution in [0.1, 0.15) is 0 Å². The first kappa shape index (κ1) is 31.2. The highest BCUT2D eigenvalue weighted by Crippen LogP contribution is 2.45. The summed E-state index contributed by atoms with van der Waals surface area (Å²) in [6.45, 7) is 0. The van der Waals surface area contributed by atoms with E-state index in [2.05, 4.69) is 193 Å². The molecule has 3 aromatic heterocycles. The predicted molar refractivity (Wildman–Crippen MR) is 238 cm³/mol. The molecule has 0 spiro atoms. The summed E-state index contributed by atoms with van der Waals surface area (Å²) in [5.41, 5.74) is 9.73. The Labute approximate surface area is 326 Å². The molecule has 4 heteroatoms. The number of para-hydroxylation sites is 1. The van der Waals surface area contributed by atoms with E-state index in [1.165, 1.54) is 69.1 Å². The molecule has 0 fully saturated rings. The van der Waals surface area contributed by atoms with E-state index in [0.29, 0.717) is 0 Å². The van der Waals surface area contributed by atoms with Crippen molar-refractivity contribution in [2.24, 2.45) is 0 Å². The molecule has 0 aliphatic heterocycles. The summed E-state index contributed by atoms with van der Waals surface area (Å²) >= 11 is 1.82. The lowest BCUT2D eigenvalue weighted by molar-refractivity contribution is 1.18. The standard InChI is InChI=1S/C52H31N3S/c1-2-13-32(14-3-1)35-17-12-18-36(29-35)50-41-22-8-10-23-44(41)53-52(54-50)43-31-37(30-42-40-21-9-11-24-47(40)56-51(42)43)55-45-27-25-33-15-4-6-19-38(33)48(45)49-39-20-7-5-16-34(39)26-28-46(49)55/h1-31H. The molecular formula is C52H31N3S. The number of thiophene rings is 1. The molecule has 0 radical (unpaired) electrons. The van der Waals surface area contributed by atoms with Gasteiger partial charge in [-0.25, -0.2) is 9.97 Å². The first-order valence-corrected chi connectivity index (χ1v) is 19.8. The Kier molecular flexibility index (Phi) is 6.80. The van der Waals surface area contributed by atoms with Crippen LogP contribution in [0.15, 0.2) is 188 Å². The molecule has 0 saturated heterocycles. The molecule has 0 aliphatic rings. The molecule has 12 aromatic rings. The summed E-state index contributed by atoms with van der Waals surface area (Å²) in [6.07, 6.45) is 0. The van der Waals surface area contributed by atoms with Gasteiger partial charge in [-0.2, -0.15) is 0 Å². The summed E-state index contributed by atoms with van der Waals surface area (Å²) in [5, 5.41) is 11.0. The summed E-state index contributed by atoms with van der Waals surface area (Å²) in [7, 11) is 0. The van der Waals surface area contributed by atoms with Crippen LogP contribution in [0.25, 0.3) is 114 Å². The minimum atomic E-state index is 0.721. The highest BCUT2D eigenvalue weighted by molar-refractivity contribution is 7.26. The average Bonchev–Trinajstić information content (AvgIpc) is 3.82. The highest BCUT2D eigenvalue weighted by Gasteiger charge is 2.22. The third-order valence-corrected chi connectivity index (χ3v) is 12.6. The van der Waals surface area contributed by atoms with Crippen molar-refractivity contribution in [1.29, 1.82) is 0 Å². The van der Waals surface area contributed by atoms with Crippen molar-refractivity contribution in [3.05, 3.63) is 188 Å². The molecular weight excluding hydrogens is 699 g/mol. The summed E-state index contributed by atoms with van der Waals surface area (Å²) in [4.78, 5) is 10.9. The van der Waals surface area contributed by atoms with Crippen LogP contribution >= 0.6 is 11.3 Å². The van der Waals surface area contributed by atoms with Crippen LogP contribution in [0.3, 0.4) is 0 Å². The quantitative estimate of drug-likeness (QED) is 0.181. The molecule has 56 heavy (non-hydrogen) atoms. The molecule has 3 nitrogen and oxygen atoms in total. The molecule has 3 heterocycles. The van der Waals surface area contributed by atoms with Gasteiger partial charge in [0.25, 0.3) is 0 Å². The number of aromatic nitrogens is 3. The van der Waals surface area contributed by atoms with Crippen molar-refractivity contribution >= 4 is 85.8 Å². The Morgan fingerprint density at radius 3 is 1.77 bits per heavy atom. The minimum absolute atomic E-state index is 0.721. The zero-order valence-corrected chi connectivity index (χ0v) is 31.0. The van der Waals surface area contributed by atoms with Crippen molar-refractivity contribution in [3.8, 4) is 39.5 Å². The Hall–Kier alpha value is -7.14. The minimum Gasteiger partial charge on any atom is -0.309 e. The number of hydrogen-bond acceptors (Lipinski definition) is 3. The van der Waals surface area contributed by atoms with Gasteiger partial charge in [0.05, 0.1) is 22.2 Å². The highest BCUT2D eigenvalue weighted by atomic mass is 32.1. The zero-order valence-electron chi connectivity index (χ0n) is 30.1. The summed E-state index contributed by atoms with van der Waals surface area (Å²) in [5.74, 6) is 0.721. The SMILES string of the molecule is c1ccc(-c2cccc(-c3nc(-c4cc(-n5c6ccc7ccccc7c6c6c7ccccc7ccc65)cc5c4sc4ccccc45)nc4ccccc34)c2)cc1. The number of rotatable bonds is 4. The molecule has 260 valence electrons. The van der Waals surface area contributed by atoms with Crippen molar-refractivity contribution in [2.75, 3.05) is 0 Å². The van der Waals surface area contributed by atoms with E-state index >= 15 is 0 Å². The monoisotopic (exact) mass is 729 g/mol. The fourth-order valence-electron chi connectivity index (χ4n) is 8.83. The smallest absolute Gasteiger partial charge is 0.161 e. The first-order valence-electron chi connectivity index (χ1n) is 19.0. The number of nitrogens with zero attached hydrogens (tertiary/aromatic N) is 3. The van der Waals surface area contributed by atoms with Crippen molar-refractivity contribution in [2.45, 2.75) is 0 Å². The number of hydrogen-bond donors (Lipinski definition) is 0. The van der Waals surface area contributed by atoms with Gasteiger partial charge in [-0.15, -0.1) is 11.3 Å². The second-order valence-electron chi connectivity index (χ2n) is 14.5. The van der Waals surface area contributed by atoms with Gasteiger partial charge in [-0.3, -0.25) is 0 Å². The lowest BCUT2D eigenvalue weighted by Crippen LogP contribution is -1.98. The van der Waals surface area contributed by atoms with Crippen LogP contribution < -0.4 is 0 Å². The molecule has 0 bridgehead atoms. The van der Waals surface area contributed by atoms with Gasteiger partial charge >= 0.3 is 0 Å². The third-order valence-electron chi connectivity index (χ3n) is 11.4. The molecule has 0 amide bonds. The van der Waals surface area contributed by atoms with Crippen molar-refractivity contribution < 1.29 is 0 Å². The van der Waals surface area contributed by atoms with Gasteiger partial charge in [0.1, 0.15) is 0 Å². The predicted octanol–water partition coefficient (Wildman–Crippen LogP) is 14.4. The molecule has 0 N–H and O–H groups in total.